The lowest BCUT2D eigenvalue weighted by Crippen LogP contribution is -2.29. The number of carbonyl (C=O) groups excluding carboxylic acids is 1. The molecule has 0 aromatic heterocycles. The van der Waals surface area contributed by atoms with Crippen molar-refractivity contribution >= 4 is 17.7 Å². The molecule has 1 rings (SSSR count). The molecule has 0 saturated carbocycles. The van der Waals surface area contributed by atoms with Gasteiger partial charge in [0.2, 0.25) is 0 Å². The van der Waals surface area contributed by atoms with Gasteiger partial charge in [0.15, 0.2) is 0 Å². The maximum Gasteiger partial charge on any atom is 0.336 e. The molecule has 0 spiro atoms. The van der Waals surface area contributed by atoms with E-state index in [0.717, 1.165) is 0 Å². The first-order chi connectivity index (χ1) is 8.54. The average Bonchev–Trinajstić information content (AvgIpc) is 2.31. The lowest BCUT2D eigenvalue weighted by molar-refractivity contribution is 0.0696. The summed E-state index contributed by atoms with van der Waals surface area (Å²) < 4.78 is 0. The molecule has 18 heavy (non-hydrogen) atoms. The minimum atomic E-state index is -1.02. The van der Waals surface area contributed by atoms with Crippen LogP contribution in [0, 0.1) is 18.8 Å². The Labute approximate surface area is 105 Å². The van der Waals surface area contributed by atoms with Gasteiger partial charge >= 0.3 is 12.0 Å². The zero-order valence-corrected chi connectivity index (χ0v) is 10.2. The second-order valence-corrected chi connectivity index (χ2v) is 3.57. The number of benzene rings is 1. The summed E-state index contributed by atoms with van der Waals surface area (Å²) in [4.78, 5) is 22.3. The fourth-order valence-electron chi connectivity index (χ4n) is 1.32. The van der Waals surface area contributed by atoms with Crippen molar-refractivity contribution in [1.29, 1.82) is 0 Å². The number of aryl methyl sites for hydroxylation is 1. The van der Waals surface area contributed by atoms with E-state index in [9.17, 15) is 9.59 Å². The Morgan fingerprint density at radius 2 is 2.11 bits per heavy atom. The van der Waals surface area contributed by atoms with Crippen LogP contribution < -0.4 is 10.6 Å². The van der Waals surface area contributed by atoms with E-state index in [1.165, 1.54) is 6.07 Å². The molecule has 0 heterocycles. The van der Waals surface area contributed by atoms with Crippen molar-refractivity contribution in [2.75, 3.05) is 11.9 Å². The molecule has 0 saturated heterocycles. The number of amides is 2. The van der Waals surface area contributed by atoms with Crippen molar-refractivity contribution in [1.82, 2.24) is 5.32 Å². The van der Waals surface area contributed by atoms with E-state index in [2.05, 4.69) is 22.5 Å². The van der Waals surface area contributed by atoms with Crippen LogP contribution in [0.2, 0.25) is 0 Å². The van der Waals surface area contributed by atoms with Crippen LogP contribution in [0.1, 0.15) is 22.8 Å². The molecular weight excluding hydrogens is 232 g/mol. The molecule has 0 aliphatic rings. The van der Waals surface area contributed by atoms with Gasteiger partial charge in [-0.3, -0.25) is 0 Å². The molecule has 0 bridgehead atoms. The molecule has 1 aromatic carbocycles. The van der Waals surface area contributed by atoms with Gasteiger partial charge in [0, 0.05) is 5.69 Å². The topological polar surface area (TPSA) is 78.4 Å². The fraction of sp³-hybridized carbons (Fsp3) is 0.231. The van der Waals surface area contributed by atoms with Crippen LogP contribution in [0.25, 0.3) is 0 Å². The van der Waals surface area contributed by atoms with Crippen LogP contribution >= 0.6 is 0 Å². The molecular formula is C13H14N2O3. The van der Waals surface area contributed by atoms with Gasteiger partial charge < -0.3 is 15.7 Å². The van der Waals surface area contributed by atoms with Crippen molar-refractivity contribution in [2.24, 2.45) is 0 Å². The minimum Gasteiger partial charge on any atom is -0.478 e. The summed E-state index contributed by atoms with van der Waals surface area (Å²) in [5, 5.41) is 14.0. The standard InChI is InChI=1S/C13H14N2O3/c1-3-4-7-14-13(18)15-10-6-5-9(2)11(8-10)12(16)17/h5-6,8H,7H2,1-2H3,(H,16,17)(H2,14,15,18). The van der Waals surface area contributed by atoms with Gasteiger partial charge in [-0.1, -0.05) is 12.0 Å². The van der Waals surface area contributed by atoms with Crippen LogP contribution in [0.3, 0.4) is 0 Å². The molecule has 94 valence electrons. The molecule has 0 radical (unpaired) electrons. The number of anilines is 1. The number of rotatable bonds is 3. The zero-order chi connectivity index (χ0) is 13.5. The van der Waals surface area contributed by atoms with Gasteiger partial charge in [-0.25, -0.2) is 9.59 Å². The third-order valence-corrected chi connectivity index (χ3v) is 2.24. The first-order valence-electron chi connectivity index (χ1n) is 5.33. The van der Waals surface area contributed by atoms with E-state index >= 15 is 0 Å². The van der Waals surface area contributed by atoms with E-state index in [-0.39, 0.29) is 12.1 Å². The Morgan fingerprint density at radius 1 is 1.39 bits per heavy atom. The molecule has 0 unspecified atom stereocenters. The van der Waals surface area contributed by atoms with Gasteiger partial charge in [0.1, 0.15) is 0 Å². The Balaban J connectivity index is 2.72. The third kappa shape index (κ3) is 3.83. The number of aromatic carboxylic acids is 1. The minimum absolute atomic E-state index is 0.168. The van der Waals surface area contributed by atoms with Crippen LogP contribution in [-0.4, -0.2) is 23.7 Å². The summed E-state index contributed by atoms with van der Waals surface area (Å²) in [6.45, 7) is 3.63. The molecule has 5 heteroatoms. The van der Waals surface area contributed by atoms with Crippen molar-refractivity contribution in [3.05, 3.63) is 29.3 Å². The first kappa shape index (κ1) is 13.6. The fourth-order valence-corrected chi connectivity index (χ4v) is 1.32. The largest absolute Gasteiger partial charge is 0.478 e. The number of carboxylic acid groups (broad SMARTS) is 1. The number of hydrogen-bond acceptors (Lipinski definition) is 2. The molecule has 3 N–H and O–H groups in total. The molecule has 0 aliphatic heterocycles. The summed E-state index contributed by atoms with van der Waals surface area (Å²) in [5.74, 6) is 4.32. The van der Waals surface area contributed by atoms with Gasteiger partial charge in [0.05, 0.1) is 12.1 Å². The summed E-state index contributed by atoms with van der Waals surface area (Å²) >= 11 is 0. The van der Waals surface area contributed by atoms with Gasteiger partial charge in [-0.15, -0.1) is 5.92 Å². The smallest absolute Gasteiger partial charge is 0.336 e. The summed E-state index contributed by atoms with van der Waals surface area (Å²) in [5.41, 5.74) is 1.24. The van der Waals surface area contributed by atoms with Gasteiger partial charge in [-0.05, 0) is 31.5 Å². The van der Waals surface area contributed by atoms with Crippen molar-refractivity contribution in [3.8, 4) is 11.8 Å². The normalized spacial score (nSPS) is 9.00. The molecule has 0 aliphatic carbocycles. The highest BCUT2D eigenvalue weighted by Gasteiger charge is 2.08. The maximum absolute atomic E-state index is 11.4. The van der Waals surface area contributed by atoms with Crippen molar-refractivity contribution in [3.63, 3.8) is 0 Å². The van der Waals surface area contributed by atoms with E-state index in [4.69, 9.17) is 5.11 Å². The van der Waals surface area contributed by atoms with E-state index in [0.29, 0.717) is 11.3 Å². The highest BCUT2D eigenvalue weighted by Crippen LogP contribution is 2.15. The Hall–Kier alpha value is -2.48. The maximum atomic E-state index is 11.4. The van der Waals surface area contributed by atoms with Gasteiger partial charge in [0.25, 0.3) is 0 Å². The number of urea groups is 1. The SMILES string of the molecule is CC#CCNC(=O)Nc1ccc(C)c(C(=O)O)c1. The highest BCUT2D eigenvalue weighted by atomic mass is 16.4. The first-order valence-corrected chi connectivity index (χ1v) is 5.33. The van der Waals surface area contributed by atoms with Crippen LogP contribution in [0.5, 0.6) is 0 Å². The predicted octanol–water partition coefficient (Wildman–Crippen LogP) is 1.84. The summed E-state index contributed by atoms with van der Waals surface area (Å²) in [6.07, 6.45) is 0. The number of hydrogen-bond donors (Lipinski definition) is 3. The summed E-state index contributed by atoms with van der Waals surface area (Å²) in [6, 6.07) is 4.29. The Bertz CT molecular complexity index is 527. The number of carbonyl (C=O) groups is 2. The molecule has 5 nitrogen and oxygen atoms in total. The van der Waals surface area contributed by atoms with E-state index in [1.54, 1.807) is 26.0 Å². The van der Waals surface area contributed by atoms with Crippen LogP contribution in [-0.2, 0) is 0 Å². The number of nitrogens with one attached hydrogen (secondary N) is 2. The predicted molar refractivity (Wildman–Crippen MR) is 68.6 cm³/mol. The molecule has 1 aromatic rings. The quantitative estimate of drug-likeness (QED) is 0.712. The number of carboxylic acids is 1. The highest BCUT2D eigenvalue weighted by molar-refractivity contribution is 5.94. The van der Waals surface area contributed by atoms with E-state index < -0.39 is 12.0 Å². The second kappa shape index (κ2) is 6.30. The molecule has 0 fully saturated rings. The Kier molecular flexibility index (Phi) is 4.76. The monoisotopic (exact) mass is 246 g/mol. The third-order valence-electron chi connectivity index (χ3n) is 2.24. The molecule has 2 amide bonds. The average molecular weight is 246 g/mol. The lowest BCUT2D eigenvalue weighted by Gasteiger charge is -2.07. The van der Waals surface area contributed by atoms with Crippen LogP contribution in [0.4, 0.5) is 10.5 Å². The van der Waals surface area contributed by atoms with Crippen molar-refractivity contribution in [2.45, 2.75) is 13.8 Å². The summed E-state index contributed by atoms with van der Waals surface area (Å²) in [7, 11) is 0. The van der Waals surface area contributed by atoms with Gasteiger partial charge in [-0.2, -0.15) is 0 Å². The molecule has 0 atom stereocenters. The lowest BCUT2D eigenvalue weighted by atomic mass is 10.1. The second-order valence-electron chi connectivity index (χ2n) is 3.57. The Morgan fingerprint density at radius 3 is 2.72 bits per heavy atom. The zero-order valence-electron chi connectivity index (χ0n) is 10.2. The van der Waals surface area contributed by atoms with Crippen molar-refractivity contribution < 1.29 is 14.7 Å². The van der Waals surface area contributed by atoms with E-state index in [1.807, 2.05) is 0 Å². The van der Waals surface area contributed by atoms with Crippen LogP contribution in [0.15, 0.2) is 18.2 Å².